The van der Waals surface area contributed by atoms with Gasteiger partial charge in [-0.2, -0.15) is 0 Å². The lowest BCUT2D eigenvalue weighted by Crippen LogP contribution is -2.49. The molecule has 0 bridgehead atoms. The van der Waals surface area contributed by atoms with Gasteiger partial charge >= 0.3 is 6.09 Å². The summed E-state index contributed by atoms with van der Waals surface area (Å²) in [6.45, 7) is 11.2. The summed E-state index contributed by atoms with van der Waals surface area (Å²) in [4.78, 5) is 27.1. The summed E-state index contributed by atoms with van der Waals surface area (Å²) in [6.07, 6.45) is 8.59. The van der Waals surface area contributed by atoms with E-state index < -0.39 is 5.60 Å². The minimum Gasteiger partial charge on any atom is -0.444 e. The molecule has 1 amide bonds. The van der Waals surface area contributed by atoms with Gasteiger partial charge in [0.2, 0.25) is 0 Å². The molecule has 132 valence electrons. The van der Waals surface area contributed by atoms with E-state index >= 15 is 0 Å². The van der Waals surface area contributed by atoms with Crippen molar-refractivity contribution in [1.82, 2.24) is 4.90 Å². The smallest absolute Gasteiger partial charge is 0.410 e. The van der Waals surface area contributed by atoms with E-state index in [4.69, 9.17) is 4.74 Å². The van der Waals surface area contributed by atoms with Crippen molar-refractivity contribution in [3.8, 4) is 0 Å². The van der Waals surface area contributed by atoms with E-state index in [2.05, 4.69) is 32.1 Å². The third-order valence-electron chi connectivity index (χ3n) is 6.11. The van der Waals surface area contributed by atoms with Crippen molar-refractivity contribution in [3.05, 3.63) is 23.8 Å². The van der Waals surface area contributed by atoms with Crippen LogP contribution in [0.5, 0.6) is 0 Å². The number of likely N-dealkylation sites (tertiary alicyclic amines) is 1. The summed E-state index contributed by atoms with van der Waals surface area (Å²) >= 11 is 0. The number of amides is 1. The zero-order valence-corrected chi connectivity index (χ0v) is 15.5. The Hall–Kier alpha value is -1.58. The van der Waals surface area contributed by atoms with Crippen LogP contribution in [0.1, 0.15) is 53.9 Å². The molecule has 3 rings (SSSR count). The van der Waals surface area contributed by atoms with Gasteiger partial charge in [0, 0.05) is 29.8 Å². The lowest BCUT2D eigenvalue weighted by atomic mass is 9.60. The third-order valence-corrected chi connectivity index (χ3v) is 6.11. The number of fused-ring (bicyclic) bond motifs is 2. The van der Waals surface area contributed by atoms with Gasteiger partial charge in [-0.25, -0.2) is 4.79 Å². The number of ketones is 1. The molecule has 1 spiro atoms. The summed E-state index contributed by atoms with van der Waals surface area (Å²) in [7, 11) is 0. The Morgan fingerprint density at radius 3 is 2.46 bits per heavy atom. The summed E-state index contributed by atoms with van der Waals surface area (Å²) in [5.41, 5.74) is 0.341. The molecule has 1 aliphatic heterocycles. The van der Waals surface area contributed by atoms with Gasteiger partial charge in [-0.15, -0.1) is 0 Å². The van der Waals surface area contributed by atoms with E-state index in [1.54, 1.807) is 4.90 Å². The molecule has 1 saturated heterocycles. The molecule has 2 fully saturated rings. The van der Waals surface area contributed by atoms with Gasteiger partial charge in [-0.1, -0.05) is 37.6 Å². The number of rotatable bonds is 0. The molecule has 0 radical (unpaired) electrons. The highest BCUT2D eigenvalue weighted by atomic mass is 16.6. The predicted octanol–water partition coefficient (Wildman–Crippen LogP) is 4.12. The van der Waals surface area contributed by atoms with Crippen molar-refractivity contribution in [2.45, 2.75) is 59.5 Å². The van der Waals surface area contributed by atoms with Crippen LogP contribution in [0.2, 0.25) is 0 Å². The third kappa shape index (κ3) is 2.51. The molecule has 1 heterocycles. The van der Waals surface area contributed by atoms with E-state index in [0.29, 0.717) is 18.9 Å². The Morgan fingerprint density at radius 1 is 1.25 bits per heavy atom. The molecule has 1 atom stereocenters. The van der Waals surface area contributed by atoms with Gasteiger partial charge in [-0.3, -0.25) is 4.79 Å². The molecule has 4 heteroatoms. The van der Waals surface area contributed by atoms with Crippen LogP contribution in [-0.4, -0.2) is 35.5 Å². The Bertz CT molecular complexity index is 613. The van der Waals surface area contributed by atoms with Crippen molar-refractivity contribution in [3.63, 3.8) is 0 Å². The zero-order valence-electron chi connectivity index (χ0n) is 15.5. The standard InChI is InChI=1S/C20H29NO3/c1-18(2,3)24-17(23)21-12-10-20(11-13-21)15-9-7-6-8-14(15)16(22)19(20,4)5/h6-7,9,14H,8,10-13H2,1-5H3. The zero-order chi connectivity index (χ0) is 17.8. The van der Waals surface area contributed by atoms with Gasteiger partial charge < -0.3 is 9.64 Å². The second-order valence-corrected chi connectivity index (χ2v) is 8.88. The Labute approximate surface area is 144 Å². The molecule has 0 aromatic heterocycles. The topological polar surface area (TPSA) is 46.6 Å². The van der Waals surface area contributed by atoms with Gasteiger partial charge in [0.05, 0.1) is 0 Å². The minimum atomic E-state index is -0.476. The second kappa shape index (κ2) is 5.47. The number of nitrogens with zero attached hydrogens (tertiary/aromatic N) is 1. The highest BCUT2D eigenvalue weighted by Crippen LogP contribution is 2.62. The molecular weight excluding hydrogens is 302 g/mol. The molecule has 0 aromatic rings. The highest BCUT2D eigenvalue weighted by Gasteiger charge is 2.62. The van der Waals surface area contributed by atoms with E-state index in [-0.39, 0.29) is 22.8 Å². The Kier molecular flexibility index (Phi) is 3.93. The SMILES string of the molecule is CC(C)(C)OC(=O)N1CCC2(CC1)C1=CC=CCC1C(=O)C2(C)C. The maximum atomic E-state index is 13.0. The van der Waals surface area contributed by atoms with Gasteiger partial charge in [-0.05, 0) is 40.0 Å². The second-order valence-electron chi connectivity index (χ2n) is 8.88. The van der Waals surface area contributed by atoms with Crippen LogP contribution >= 0.6 is 0 Å². The molecule has 0 N–H and O–H groups in total. The number of allylic oxidation sites excluding steroid dienone is 4. The van der Waals surface area contributed by atoms with Crippen LogP contribution in [0.25, 0.3) is 0 Å². The van der Waals surface area contributed by atoms with E-state index in [0.717, 1.165) is 19.3 Å². The number of carbonyl (C=O) groups is 2. The highest BCUT2D eigenvalue weighted by molar-refractivity contribution is 5.94. The number of Topliss-reactive ketones (excluding diaryl/α,β-unsaturated/α-hetero) is 1. The number of piperidine rings is 1. The largest absolute Gasteiger partial charge is 0.444 e. The normalized spacial score (nSPS) is 27.9. The lowest BCUT2D eigenvalue weighted by molar-refractivity contribution is -0.131. The minimum absolute atomic E-state index is 0.0399. The van der Waals surface area contributed by atoms with Crippen LogP contribution in [0.4, 0.5) is 4.79 Å². The van der Waals surface area contributed by atoms with E-state index in [9.17, 15) is 9.59 Å². The Balaban J connectivity index is 1.81. The quantitative estimate of drug-likeness (QED) is 0.671. The Morgan fingerprint density at radius 2 is 1.88 bits per heavy atom. The fourth-order valence-corrected chi connectivity index (χ4v) is 4.71. The first-order valence-electron chi connectivity index (χ1n) is 8.98. The fraction of sp³-hybridized carbons (Fsp3) is 0.700. The fourth-order valence-electron chi connectivity index (χ4n) is 4.71. The van der Waals surface area contributed by atoms with Gasteiger partial charge in [0.25, 0.3) is 0 Å². The monoisotopic (exact) mass is 331 g/mol. The first-order chi connectivity index (χ1) is 11.1. The van der Waals surface area contributed by atoms with Crippen LogP contribution in [-0.2, 0) is 9.53 Å². The van der Waals surface area contributed by atoms with Crippen LogP contribution in [0.15, 0.2) is 23.8 Å². The summed E-state index contributed by atoms with van der Waals surface area (Å²) in [5, 5.41) is 0. The van der Waals surface area contributed by atoms with E-state index in [1.165, 1.54) is 5.57 Å². The number of hydrogen-bond donors (Lipinski definition) is 0. The van der Waals surface area contributed by atoms with Crippen LogP contribution < -0.4 is 0 Å². The van der Waals surface area contributed by atoms with Crippen LogP contribution in [0.3, 0.4) is 0 Å². The van der Waals surface area contributed by atoms with Crippen molar-refractivity contribution in [1.29, 1.82) is 0 Å². The lowest BCUT2D eigenvalue weighted by Gasteiger charge is -2.47. The average molecular weight is 331 g/mol. The predicted molar refractivity (Wildman–Crippen MR) is 93.6 cm³/mol. The van der Waals surface area contributed by atoms with Crippen molar-refractivity contribution in [2.75, 3.05) is 13.1 Å². The summed E-state index contributed by atoms with van der Waals surface area (Å²) in [6, 6.07) is 0. The molecule has 4 nitrogen and oxygen atoms in total. The number of carbonyl (C=O) groups excluding carboxylic acids is 2. The molecule has 24 heavy (non-hydrogen) atoms. The van der Waals surface area contributed by atoms with E-state index in [1.807, 2.05) is 20.8 Å². The molecule has 1 unspecified atom stereocenters. The van der Waals surface area contributed by atoms with Crippen molar-refractivity contribution < 1.29 is 14.3 Å². The number of hydrogen-bond acceptors (Lipinski definition) is 3. The van der Waals surface area contributed by atoms with Crippen molar-refractivity contribution in [2.24, 2.45) is 16.7 Å². The molecule has 1 saturated carbocycles. The van der Waals surface area contributed by atoms with Crippen LogP contribution in [0, 0.1) is 16.7 Å². The summed E-state index contributed by atoms with van der Waals surface area (Å²) < 4.78 is 5.50. The first-order valence-corrected chi connectivity index (χ1v) is 8.98. The maximum absolute atomic E-state index is 13.0. The molecule has 0 aromatic carbocycles. The first kappa shape index (κ1) is 17.2. The average Bonchev–Trinajstić information content (AvgIpc) is 2.66. The van der Waals surface area contributed by atoms with Gasteiger partial charge in [0.15, 0.2) is 0 Å². The van der Waals surface area contributed by atoms with Crippen molar-refractivity contribution >= 4 is 11.9 Å². The molecule has 2 aliphatic carbocycles. The molecule has 3 aliphatic rings. The van der Waals surface area contributed by atoms with Gasteiger partial charge in [0.1, 0.15) is 11.4 Å². The number of ether oxygens (including phenoxy) is 1. The summed E-state index contributed by atoms with van der Waals surface area (Å²) in [5.74, 6) is 0.405. The maximum Gasteiger partial charge on any atom is 0.410 e. The molecular formula is C20H29NO3.